The van der Waals surface area contributed by atoms with Crippen LogP contribution in [0.25, 0.3) is 0 Å². The van der Waals surface area contributed by atoms with Gasteiger partial charge in [-0.3, -0.25) is 4.79 Å². The summed E-state index contributed by atoms with van der Waals surface area (Å²) in [7, 11) is 0. The monoisotopic (exact) mass is 298 g/mol. The highest BCUT2D eigenvalue weighted by Gasteiger charge is 2.13. The zero-order chi connectivity index (χ0) is 14.0. The molecule has 0 radical (unpaired) electrons. The highest BCUT2D eigenvalue weighted by atomic mass is 35.5. The first kappa shape index (κ1) is 14.1. The summed E-state index contributed by atoms with van der Waals surface area (Å²) in [5.41, 5.74) is 1.18. The van der Waals surface area contributed by atoms with Crippen LogP contribution in [-0.2, 0) is 6.42 Å². The number of hydrogen-bond acceptors (Lipinski definition) is 3. The highest BCUT2D eigenvalue weighted by molar-refractivity contribution is 7.98. The fraction of sp³-hybridized carbons (Fsp3) is 0.231. The van der Waals surface area contributed by atoms with E-state index in [1.165, 1.54) is 17.8 Å². The van der Waals surface area contributed by atoms with Crippen molar-refractivity contribution >= 4 is 23.4 Å². The van der Waals surface area contributed by atoms with Gasteiger partial charge in [0.15, 0.2) is 5.16 Å². The minimum Gasteiger partial charge on any atom is -0.301 e. The Bertz CT molecular complexity index is 652. The van der Waals surface area contributed by atoms with Crippen molar-refractivity contribution in [3.8, 4) is 0 Å². The van der Waals surface area contributed by atoms with Crippen molar-refractivity contribution in [3.05, 3.63) is 56.2 Å². The van der Waals surface area contributed by atoms with Crippen molar-refractivity contribution < 1.29 is 4.39 Å². The van der Waals surface area contributed by atoms with Gasteiger partial charge in [-0.15, -0.1) is 0 Å². The molecule has 0 saturated heterocycles. The Morgan fingerprint density at radius 2 is 2.21 bits per heavy atom. The Balaban J connectivity index is 2.49. The van der Waals surface area contributed by atoms with Gasteiger partial charge in [-0.05, 0) is 25.3 Å². The number of hydrogen-bond donors (Lipinski definition) is 1. The molecule has 1 heterocycles. The Morgan fingerprint density at radius 1 is 1.47 bits per heavy atom. The van der Waals surface area contributed by atoms with Crippen LogP contribution in [0.3, 0.4) is 0 Å². The minimum atomic E-state index is -0.389. The van der Waals surface area contributed by atoms with Gasteiger partial charge in [-0.25, -0.2) is 9.37 Å². The molecule has 1 aromatic heterocycles. The first-order valence-electron chi connectivity index (χ1n) is 5.59. The molecule has 3 nitrogen and oxygen atoms in total. The summed E-state index contributed by atoms with van der Waals surface area (Å²) in [5.74, 6) is -0.389. The average Bonchev–Trinajstić information content (AvgIpc) is 2.38. The number of benzene rings is 1. The molecular formula is C13H12ClFN2OS. The van der Waals surface area contributed by atoms with Crippen LogP contribution in [-0.4, -0.2) is 16.2 Å². The number of halogens is 2. The lowest BCUT2D eigenvalue weighted by Gasteiger charge is -2.08. The number of nitrogens with one attached hydrogen (secondary N) is 1. The van der Waals surface area contributed by atoms with Crippen LogP contribution in [0, 0.1) is 12.7 Å². The van der Waals surface area contributed by atoms with Gasteiger partial charge in [0.1, 0.15) is 5.82 Å². The number of thioether (sulfide) groups is 1. The average molecular weight is 299 g/mol. The number of nitrogens with zero attached hydrogens (tertiary/aromatic N) is 1. The molecule has 0 unspecified atom stereocenters. The lowest BCUT2D eigenvalue weighted by atomic mass is 10.1. The van der Waals surface area contributed by atoms with E-state index in [0.29, 0.717) is 27.0 Å². The quantitative estimate of drug-likeness (QED) is 0.699. The number of aromatic amines is 1. The van der Waals surface area contributed by atoms with Crippen molar-refractivity contribution in [1.29, 1.82) is 0 Å². The predicted octanol–water partition coefficient (Wildman–Crippen LogP) is 3.18. The third-order valence-corrected chi connectivity index (χ3v) is 3.76. The highest BCUT2D eigenvalue weighted by Crippen LogP contribution is 2.22. The molecular weight excluding hydrogens is 287 g/mol. The standard InChI is InChI=1S/C13H12ClFN2OS/c1-7-11(16-13(19-2)17-12(7)18)6-8-9(14)4-3-5-10(8)15/h3-5H,6H2,1-2H3,(H,16,17,18). The SMILES string of the molecule is CSc1nc(Cc2c(F)cccc2Cl)c(C)c(=O)[nH]1. The molecule has 0 aliphatic heterocycles. The largest absolute Gasteiger partial charge is 0.301 e. The first-order valence-corrected chi connectivity index (χ1v) is 7.20. The summed E-state index contributed by atoms with van der Waals surface area (Å²) in [4.78, 5) is 18.7. The molecule has 0 spiro atoms. The Hall–Kier alpha value is -1.33. The van der Waals surface area contributed by atoms with E-state index in [-0.39, 0.29) is 17.8 Å². The second-order valence-corrected chi connectivity index (χ2v) is 5.23. The summed E-state index contributed by atoms with van der Waals surface area (Å²) in [6.07, 6.45) is 2.02. The van der Waals surface area contributed by atoms with Gasteiger partial charge in [-0.2, -0.15) is 0 Å². The van der Waals surface area contributed by atoms with Crippen molar-refractivity contribution in [3.63, 3.8) is 0 Å². The van der Waals surface area contributed by atoms with Crippen molar-refractivity contribution in [2.75, 3.05) is 6.26 Å². The summed E-state index contributed by atoms with van der Waals surface area (Å²) < 4.78 is 13.7. The molecule has 0 amide bonds. The lowest BCUT2D eigenvalue weighted by Crippen LogP contribution is -2.16. The predicted molar refractivity (Wildman–Crippen MR) is 75.6 cm³/mol. The molecule has 1 N–H and O–H groups in total. The van der Waals surface area contributed by atoms with E-state index in [2.05, 4.69) is 9.97 Å². The van der Waals surface area contributed by atoms with E-state index >= 15 is 0 Å². The third-order valence-electron chi connectivity index (χ3n) is 2.83. The van der Waals surface area contributed by atoms with Crippen molar-refractivity contribution in [1.82, 2.24) is 9.97 Å². The molecule has 0 fully saturated rings. The summed E-state index contributed by atoms with van der Waals surface area (Å²) >= 11 is 7.32. The number of aromatic nitrogens is 2. The van der Waals surface area contributed by atoms with Gasteiger partial charge in [0.2, 0.25) is 0 Å². The molecule has 6 heteroatoms. The van der Waals surface area contributed by atoms with E-state index in [1.807, 2.05) is 6.26 Å². The molecule has 0 aliphatic rings. The normalized spacial score (nSPS) is 10.7. The minimum absolute atomic E-state index is 0.203. The van der Waals surface area contributed by atoms with Crippen molar-refractivity contribution in [2.24, 2.45) is 0 Å². The van der Waals surface area contributed by atoms with Crippen LogP contribution >= 0.6 is 23.4 Å². The summed E-state index contributed by atoms with van der Waals surface area (Å²) in [5, 5.41) is 0.852. The maximum Gasteiger partial charge on any atom is 0.254 e. The summed E-state index contributed by atoms with van der Waals surface area (Å²) in [6.45, 7) is 1.67. The molecule has 19 heavy (non-hydrogen) atoms. The van der Waals surface area contributed by atoms with Crippen LogP contribution in [0.1, 0.15) is 16.8 Å². The molecule has 2 aromatic rings. The van der Waals surface area contributed by atoms with E-state index in [0.717, 1.165) is 0 Å². The number of H-pyrrole nitrogens is 1. The second kappa shape index (κ2) is 5.75. The molecule has 0 bridgehead atoms. The van der Waals surface area contributed by atoms with Crippen molar-refractivity contribution in [2.45, 2.75) is 18.5 Å². The maximum atomic E-state index is 13.7. The van der Waals surface area contributed by atoms with Gasteiger partial charge in [0, 0.05) is 22.6 Å². The Kier molecular flexibility index (Phi) is 4.27. The first-order chi connectivity index (χ1) is 9.02. The number of rotatable bonds is 3. The Morgan fingerprint density at radius 3 is 2.84 bits per heavy atom. The molecule has 0 atom stereocenters. The van der Waals surface area contributed by atoms with E-state index in [9.17, 15) is 9.18 Å². The smallest absolute Gasteiger partial charge is 0.254 e. The van der Waals surface area contributed by atoms with E-state index in [1.54, 1.807) is 19.1 Å². The molecule has 0 saturated carbocycles. The van der Waals surface area contributed by atoms with Gasteiger partial charge in [0.05, 0.1) is 5.69 Å². The van der Waals surface area contributed by atoms with Crippen LogP contribution in [0.2, 0.25) is 5.02 Å². The lowest BCUT2D eigenvalue weighted by molar-refractivity contribution is 0.612. The molecule has 0 aliphatic carbocycles. The van der Waals surface area contributed by atoms with E-state index < -0.39 is 0 Å². The topological polar surface area (TPSA) is 45.8 Å². The fourth-order valence-corrected chi connectivity index (χ4v) is 2.32. The van der Waals surface area contributed by atoms with Crippen LogP contribution in [0.5, 0.6) is 0 Å². The van der Waals surface area contributed by atoms with Gasteiger partial charge < -0.3 is 4.98 Å². The van der Waals surface area contributed by atoms with Gasteiger partial charge >= 0.3 is 0 Å². The Labute approximate surface area is 119 Å². The zero-order valence-corrected chi connectivity index (χ0v) is 12.0. The molecule has 100 valence electrons. The van der Waals surface area contributed by atoms with Gasteiger partial charge in [-0.1, -0.05) is 29.4 Å². The van der Waals surface area contributed by atoms with Crippen LogP contribution < -0.4 is 5.56 Å². The van der Waals surface area contributed by atoms with Crippen LogP contribution in [0.4, 0.5) is 4.39 Å². The summed E-state index contributed by atoms with van der Waals surface area (Å²) in [6, 6.07) is 4.52. The molecule has 1 aromatic carbocycles. The van der Waals surface area contributed by atoms with Crippen LogP contribution in [0.15, 0.2) is 28.2 Å². The fourth-order valence-electron chi connectivity index (χ4n) is 1.69. The third kappa shape index (κ3) is 2.98. The van der Waals surface area contributed by atoms with E-state index in [4.69, 9.17) is 11.6 Å². The maximum absolute atomic E-state index is 13.7. The van der Waals surface area contributed by atoms with Gasteiger partial charge in [0.25, 0.3) is 5.56 Å². The second-order valence-electron chi connectivity index (χ2n) is 4.02. The molecule has 2 rings (SSSR count). The zero-order valence-electron chi connectivity index (χ0n) is 10.5.